The SMILES string of the molecule is O=C(O)c1csc(CCNC(=O)c2cnccc2Cl)n1. The molecule has 0 atom stereocenters. The van der Waals surface area contributed by atoms with Crippen LogP contribution in [0, 0.1) is 0 Å². The van der Waals surface area contributed by atoms with Gasteiger partial charge in [0.2, 0.25) is 0 Å². The van der Waals surface area contributed by atoms with Crippen LogP contribution < -0.4 is 5.32 Å². The summed E-state index contributed by atoms with van der Waals surface area (Å²) in [6.45, 7) is 0.344. The largest absolute Gasteiger partial charge is 0.476 e. The van der Waals surface area contributed by atoms with Gasteiger partial charge in [-0.15, -0.1) is 11.3 Å². The van der Waals surface area contributed by atoms with Crippen LogP contribution in [0.25, 0.3) is 0 Å². The summed E-state index contributed by atoms with van der Waals surface area (Å²) < 4.78 is 0. The van der Waals surface area contributed by atoms with Gasteiger partial charge in [0, 0.05) is 30.7 Å². The molecule has 0 saturated heterocycles. The molecule has 2 aromatic heterocycles. The maximum atomic E-state index is 11.8. The topological polar surface area (TPSA) is 92.2 Å². The summed E-state index contributed by atoms with van der Waals surface area (Å²) in [6.07, 6.45) is 3.35. The number of rotatable bonds is 5. The minimum Gasteiger partial charge on any atom is -0.476 e. The van der Waals surface area contributed by atoms with Crippen LogP contribution in [-0.4, -0.2) is 33.5 Å². The van der Waals surface area contributed by atoms with Crippen molar-refractivity contribution in [1.82, 2.24) is 15.3 Å². The lowest BCUT2D eigenvalue weighted by Crippen LogP contribution is -2.26. The van der Waals surface area contributed by atoms with Crippen molar-refractivity contribution in [3.05, 3.63) is 45.1 Å². The van der Waals surface area contributed by atoms with Gasteiger partial charge in [-0.2, -0.15) is 0 Å². The minimum absolute atomic E-state index is 0.0200. The van der Waals surface area contributed by atoms with Gasteiger partial charge in [-0.25, -0.2) is 9.78 Å². The maximum Gasteiger partial charge on any atom is 0.355 e. The van der Waals surface area contributed by atoms with Gasteiger partial charge < -0.3 is 10.4 Å². The lowest BCUT2D eigenvalue weighted by Gasteiger charge is -2.04. The molecular weight excluding hydrogens is 302 g/mol. The van der Waals surface area contributed by atoms with E-state index in [1.807, 2.05) is 0 Å². The molecule has 104 valence electrons. The second-order valence-electron chi connectivity index (χ2n) is 3.79. The molecule has 0 fully saturated rings. The summed E-state index contributed by atoms with van der Waals surface area (Å²) in [5.74, 6) is -1.38. The Balaban J connectivity index is 1.88. The van der Waals surface area contributed by atoms with Gasteiger partial charge >= 0.3 is 5.97 Å². The number of hydrogen-bond donors (Lipinski definition) is 2. The van der Waals surface area contributed by atoms with Crippen LogP contribution in [0.1, 0.15) is 25.9 Å². The molecular formula is C12H10ClN3O3S. The number of aromatic nitrogens is 2. The number of carbonyl (C=O) groups excluding carboxylic acids is 1. The third-order valence-electron chi connectivity index (χ3n) is 2.41. The zero-order chi connectivity index (χ0) is 14.5. The fraction of sp³-hybridized carbons (Fsp3) is 0.167. The molecule has 2 aromatic rings. The van der Waals surface area contributed by atoms with E-state index in [4.69, 9.17) is 16.7 Å². The van der Waals surface area contributed by atoms with E-state index in [0.717, 1.165) is 0 Å². The summed E-state index contributed by atoms with van der Waals surface area (Å²) in [5.41, 5.74) is 0.325. The summed E-state index contributed by atoms with van der Waals surface area (Å²) in [6, 6.07) is 1.54. The van der Waals surface area contributed by atoms with Crippen LogP contribution in [-0.2, 0) is 6.42 Å². The first-order valence-electron chi connectivity index (χ1n) is 5.63. The van der Waals surface area contributed by atoms with E-state index < -0.39 is 5.97 Å². The van der Waals surface area contributed by atoms with E-state index in [-0.39, 0.29) is 11.6 Å². The monoisotopic (exact) mass is 311 g/mol. The first-order valence-corrected chi connectivity index (χ1v) is 6.89. The Morgan fingerprint density at radius 2 is 2.25 bits per heavy atom. The molecule has 0 radical (unpaired) electrons. The number of hydrogen-bond acceptors (Lipinski definition) is 5. The third kappa shape index (κ3) is 3.52. The maximum absolute atomic E-state index is 11.8. The van der Waals surface area contributed by atoms with Crippen LogP contribution in [0.3, 0.4) is 0 Å². The molecule has 0 spiro atoms. The number of thiazole rings is 1. The predicted octanol–water partition coefficient (Wildman–Crippen LogP) is 1.86. The number of pyridine rings is 1. The van der Waals surface area contributed by atoms with Crippen molar-refractivity contribution in [3.63, 3.8) is 0 Å². The van der Waals surface area contributed by atoms with Gasteiger partial charge in [0.1, 0.15) is 0 Å². The molecule has 0 aliphatic heterocycles. The molecule has 8 heteroatoms. The highest BCUT2D eigenvalue weighted by atomic mass is 35.5. The van der Waals surface area contributed by atoms with Crippen LogP contribution in [0.2, 0.25) is 5.02 Å². The average molecular weight is 312 g/mol. The van der Waals surface area contributed by atoms with Gasteiger partial charge in [0.25, 0.3) is 5.91 Å². The normalized spacial score (nSPS) is 10.2. The van der Waals surface area contributed by atoms with E-state index in [2.05, 4.69) is 15.3 Å². The zero-order valence-electron chi connectivity index (χ0n) is 10.2. The van der Waals surface area contributed by atoms with Crippen molar-refractivity contribution in [2.45, 2.75) is 6.42 Å². The Labute approximate surface area is 123 Å². The molecule has 0 aliphatic carbocycles. The van der Waals surface area contributed by atoms with Crippen molar-refractivity contribution >= 4 is 34.8 Å². The minimum atomic E-state index is -1.06. The first-order chi connectivity index (χ1) is 9.58. The molecule has 20 heavy (non-hydrogen) atoms. The van der Waals surface area contributed by atoms with Crippen LogP contribution in [0.15, 0.2) is 23.8 Å². The number of amides is 1. The Bertz CT molecular complexity index is 644. The Morgan fingerprint density at radius 3 is 2.90 bits per heavy atom. The fourth-order valence-corrected chi connectivity index (χ4v) is 2.41. The van der Waals surface area contributed by atoms with Crippen molar-refractivity contribution in [1.29, 1.82) is 0 Å². The summed E-state index contributed by atoms with van der Waals surface area (Å²) in [4.78, 5) is 30.3. The number of halogens is 1. The Kier molecular flexibility index (Phi) is 4.65. The van der Waals surface area contributed by atoms with E-state index in [9.17, 15) is 9.59 Å². The quantitative estimate of drug-likeness (QED) is 0.879. The Morgan fingerprint density at radius 1 is 1.45 bits per heavy atom. The number of nitrogens with zero attached hydrogens (tertiary/aromatic N) is 2. The number of aromatic carboxylic acids is 1. The van der Waals surface area contributed by atoms with E-state index in [1.165, 1.54) is 35.2 Å². The number of carboxylic acid groups (broad SMARTS) is 1. The third-order valence-corrected chi connectivity index (χ3v) is 3.65. The smallest absolute Gasteiger partial charge is 0.355 e. The Hall–Kier alpha value is -1.99. The van der Waals surface area contributed by atoms with Gasteiger partial charge in [0.05, 0.1) is 15.6 Å². The van der Waals surface area contributed by atoms with E-state index in [1.54, 1.807) is 0 Å². The lowest BCUT2D eigenvalue weighted by molar-refractivity contribution is 0.0690. The van der Waals surface area contributed by atoms with Gasteiger partial charge in [0.15, 0.2) is 5.69 Å². The molecule has 0 unspecified atom stereocenters. The molecule has 1 amide bonds. The van der Waals surface area contributed by atoms with Gasteiger partial charge in [-0.3, -0.25) is 9.78 Å². The summed E-state index contributed by atoms with van der Waals surface area (Å²) >= 11 is 7.12. The van der Waals surface area contributed by atoms with Crippen LogP contribution >= 0.6 is 22.9 Å². The molecule has 2 N–H and O–H groups in total. The molecule has 0 aliphatic rings. The molecule has 2 heterocycles. The molecule has 0 bridgehead atoms. The number of nitrogens with one attached hydrogen (secondary N) is 1. The summed E-state index contributed by atoms with van der Waals surface area (Å²) in [7, 11) is 0. The lowest BCUT2D eigenvalue weighted by atomic mass is 10.2. The van der Waals surface area contributed by atoms with Gasteiger partial charge in [-0.1, -0.05) is 11.6 Å². The van der Waals surface area contributed by atoms with Crippen molar-refractivity contribution in [3.8, 4) is 0 Å². The fourth-order valence-electron chi connectivity index (χ4n) is 1.45. The second-order valence-corrected chi connectivity index (χ2v) is 5.14. The second kappa shape index (κ2) is 6.44. The van der Waals surface area contributed by atoms with Crippen molar-refractivity contribution in [2.24, 2.45) is 0 Å². The van der Waals surface area contributed by atoms with Crippen molar-refractivity contribution < 1.29 is 14.7 Å². The molecule has 0 aromatic carbocycles. The van der Waals surface area contributed by atoms with Crippen LogP contribution in [0.4, 0.5) is 0 Å². The number of carboxylic acids is 1. The predicted molar refractivity (Wildman–Crippen MR) is 74.4 cm³/mol. The highest BCUT2D eigenvalue weighted by Crippen LogP contribution is 2.13. The highest BCUT2D eigenvalue weighted by Gasteiger charge is 2.11. The van der Waals surface area contributed by atoms with E-state index in [0.29, 0.717) is 28.6 Å². The average Bonchev–Trinajstić information content (AvgIpc) is 2.88. The zero-order valence-corrected chi connectivity index (χ0v) is 11.7. The molecule has 2 rings (SSSR count). The number of carbonyl (C=O) groups is 2. The first kappa shape index (κ1) is 14.4. The summed E-state index contributed by atoms with van der Waals surface area (Å²) in [5, 5.41) is 13.9. The highest BCUT2D eigenvalue weighted by molar-refractivity contribution is 7.09. The van der Waals surface area contributed by atoms with Crippen LogP contribution in [0.5, 0.6) is 0 Å². The van der Waals surface area contributed by atoms with Crippen molar-refractivity contribution in [2.75, 3.05) is 6.54 Å². The van der Waals surface area contributed by atoms with E-state index >= 15 is 0 Å². The molecule has 0 saturated carbocycles. The standard InChI is InChI=1S/C12H10ClN3O3S/c13-8-1-3-14-5-7(8)11(17)15-4-2-10-16-9(6-20-10)12(18)19/h1,3,5-6H,2,4H2,(H,15,17)(H,18,19). The molecule has 6 nitrogen and oxygen atoms in total. The van der Waals surface area contributed by atoms with Gasteiger partial charge in [-0.05, 0) is 6.07 Å².